The number of aliphatic hydroxyl groups is 2. The fourth-order valence-corrected chi connectivity index (χ4v) is 7.49. The van der Waals surface area contributed by atoms with Crippen LogP contribution in [0.2, 0.25) is 10.0 Å². The van der Waals surface area contributed by atoms with E-state index < -0.39 is 29.0 Å². The maximum absolute atomic E-state index is 12.2. The number of hydrogen-bond acceptors (Lipinski definition) is 10. The summed E-state index contributed by atoms with van der Waals surface area (Å²) in [5.41, 5.74) is 0.581. The first kappa shape index (κ1) is 46.9. The molecule has 2 saturated heterocycles. The second-order valence-corrected chi connectivity index (χ2v) is 15.6. The molecule has 8 rings (SSSR count). The summed E-state index contributed by atoms with van der Waals surface area (Å²) in [7, 11) is 5.86. The highest BCUT2D eigenvalue weighted by Gasteiger charge is 2.43. The predicted molar refractivity (Wildman–Crippen MR) is 239 cm³/mol. The number of carbonyl (C=O) groups excluding carboxylic acids is 4. The molecule has 0 spiro atoms. The van der Waals surface area contributed by atoms with Crippen LogP contribution in [0.15, 0.2) is 89.4 Å². The van der Waals surface area contributed by atoms with Crippen molar-refractivity contribution in [3.63, 3.8) is 0 Å². The predicted octanol–water partition coefficient (Wildman–Crippen LogP) is 6.49. The summed E-state index contributed by atoms with van der Waals surface area (Å²) in [4.78, 5) is 50.1. The number of likely N-dealkylation sites (tertiary alicyclic amines) is 2. The average Bonchev–Trinajstić information content (AvgIpc) is 4.00. The highest BCUT2D eigenvalue weighted by molar-refractivity contribution is 9.10. The lowest BCUT2D eigenvalue weighted by molar-refractivity contribution is -0.138. The smallest absolute Gasteiger partial charge is 0.359 e. The number of halogens is 3. The number of likely N-dealkylation sites (N-methyl/N-ethyl adjacent to an activating group) is 2. The average molecular weight is 945 g/mol. The van der Waals surface area contributed by atoms with E-state index in [-0.39, 0.29) is 31.1 Å². The molecule has 2 amide bonds. The van der Waals surface area contributed by atoms with Crippen LogP contribution in [0.25, 0.3) is 33.2 Å². The molecule has 320 valence electrons. The van der Waals surface area contributed by atoms with Crippen LogP contribution in [0.3, 0.4) is 0 Å². The van der Waals surface area contributed by atoms with E-state index in [9.17, 15) is 29.4 Å². The molecule has 2 aromatic heterocycles. The molecule has 0 radical (unpaired) electrons. The first-order valence-corrected chi connectivity index (χ1v) is 19.9. The fourth-order valence-electron chi connectivity index (χ4n) is 6.58. The molecule has 62 heavy (non-hydrogen) atoms. The molecule has 17 heteroatoms. The van der Waals surface area contributed by atoms with Crippen molar-refractivity contribution in [2.24, 2.45) is 0 Å². The van der Waals surface area contributed by atoms with Gasteiger partial charge in [0, 0.05) is 50.1 Å². The van der Waals surface area contributed by atoms with Gasteiger partial charge < -0.3 is 29.5 Å². The Labute approximate surface area is 376 Å². The third-order valence-corrected chi connectivity index (χ3v) is 11.0. The number of rotatable bonds is 4. The molecule has 4 heterocycles. The minimum Gasteiger partial charge on any atom is -0.464 e. The maximum Gasteiger partial charge on any atom is 0.359 e. The Morgan fingerprint density at radius 2 is 1.19 bits per heavy atom. The minimum atomic E-state index is -1.67. The molecule has 2 aliphatic heterocycles. The number of esters is 2. The summed E-state index contributed by atoms with van der Waals surface area (Å²) < 4.78 is 13.8. The SMILES string of the molecule is C.C#C[C@]1(O)CCN(C)C1=O.COC(=O)c1nn(-c2cccc(Br)c2)c2cccc(Cl)c12.COC(=O)c1nn(-c2cccc(C#C[C@]3(O)CCN(C)C3=O)c2)c2cccc(Cl)c12. The van der Waals surface area contributed by atoms with Crippen molar-refractivity contribution in [3.05, 3.63) is 116 Å². The Morgan fingerprint density at radius 3 is 1.61 bits per heavy atom. The molecule has 2 aliphatic rings. The molecule has 0 unspecified atom stereocenters. The summed E-state index contributed by atoms with van der Waals surface area (Å²) >= 11 is 16.0. The molecule has 14 nitrogen and oxygen atoms in total. The lowest BCUT2D eigenvalue weighted by atomic mass is 10.0. The van der Waals surface area contributed by atoms with Crippen LogP contribution >= 0.6 is 39.1 Å². The Morgan fingerprint density at radius 1 is 0.742 bits per heavy atom. The van der Waals surface area contributed by atoms with Crippen molar-refractivity contribution < 1.29 is 38.9 Å². The lowest BCUT2D eigenvalue weighted by Crippen LogP contribution is -2.37. The van der Waals surface area contributed by atoms with Gasteiger partial charge in [-0.25, -0.2) is 19.0 Å². The number of hydrogen-bond donors (Lipinski definition) is 2. The topological polar surface area (TPSA) is 169 Å². The first-order chi connectivity index (χ1) is 29.0. The summed E-state index contributed by atoms with van der Waals surface area (Å²) in [6, 6.07) is 25.4. The zero-order valence-corrected chi connectivity index (χ0v) is 36.2. The third-order valence-electron chi connectivity index (χ3n) is 9.89. The Hall–Kier alpha value is -6.20. The van der Waals surface area contributed by atoms with Crippen molar-refractivity contribution in [2.45, 2.75) is 31.5 Å². The van der Waals surface area contributed by atoms with E-state index in [0.29, 0.717) is 57.1 Å². The van der Waals surface area contributed by atoms with E-state index in [1.807, 2.05) is 42.5 Å². The van der Waals surface area contributed by atoms with Crippen LogP contribution in [0, 0.1) is 24.2 Å². The van der Waals surface area contributed by atoms with Crippen molar-refractivity contribution >= 4 is 84.7 Å². The standard InChI is InChI=1S/C22H18ClN3O4.C15H10BrClN2O2.C7H9NO2.CH4/c1-25-12-11-22(29,21(25)28)10-9-14-5-3-6-15(13-14)26-17-8-4-7-16(23)18(17)19(24-26)20(27)30-2;1-21-15(20)14-13-11(17)6-3-7-12(13)19(18-14)10-5-2-4-9(16)8-10;1-3-7(10)4-5-8(2)6(7)9;/h3-8,13,29H,11-12H2,1-2H3;2-8H,1H3;1,10H,4-5H2,2H3;1H4/t22-;;7-;/m0.0./s1. The Kier molecular flexibility index (Phi) is 14.5. The van der Waals surface area contributed by atoms with E-state index in [1.165, 1.54) is 24.0 Å². The monoisotopic (exact) mass is 942 g/mol. The van der Waals surface area contributed by atoms with Gasteiger partial charge in [0.25, 0.3) is 11.8 Å². The van der Waals surface area contributed by atoms with Crippen LogP contribution < -0.4 is 0 Å². The van der Waals surface area contributed by atoms with Gasteiger partial charge in [-0.1, -0.05) is 88.6 Å². The van der Waals surface area contributed by atoms with E-state index in [4.69, 9.17) is 39.1 Å². The highest BCUT2D eigenvalue weighted by atomic mass is 79.9. The van der Waals surface area contributed by atoms with Crippen molar-refractivity contribution in [1.82, 2.24) is 29.4 Å². The number of aromatic nitrogens is 4. The molecular weight excluding hydrogens is 903 g/mol. The minimum absolute atomic E-state index is 0. The van der Waals surface area contributed by atoms with Gasteiger partial charge in [-0.05, 0) is 60.7 Å². The number of benzene rings is 4. The van der Waals surface area contributed by atoms with Gasteiger partial charge >= 0.3 is 11.9 Å². The van der Waals surface area contributed by atoms with Gasteiger partial charge in [0.1, 0.15) is 0 Å². The van der Waals surface area contributed by atoms with Gasteiger partial charge in [0.05, 0.1) is 57.4 Å². The maximum atomic E-state index is 12.2. The van der Waals surface area contributed by atoms with Crippen LogP contribution in [0.1, 0.15) is 46.8 Å². The van der Waals surface area contributed by atoms with Gasteiger partial charge in [-0.15, -0.1) is 6.42 Å². The van der Waals surface area contributed by atoms with Gasteiger partial charge in [-0.3, -0.25) is 9.59 Å². The zero-order valence-electron chi connectivity index (χ0n) is 33.1. The molecule has 0 saturated carbocycles. The lowest BCUT2D eigenvalue weighted by Gasteiger charge is -2.13. The van der Waals surface area contributed by atoms with E-state index in [1.54, 1.807) is 65.9 Å². The molecule has 2 atom stereocenters. The first-order valence-electron chi connectivity index (χ1n) is 18.4. The number of nitrogens with zero attached hydrogens (tertiary/aromatic N) is 6. The van der Waals surface area contributed by atoms with Crippen molar-refractivity contribution in [3.8, 4) is 35.6 Å². The quantitative estimate of drug-likeness (QED) is 0.147. The number of ether oxygens (including phenoxy) is 2. The van der Waals surface area contributed by atoms with Crippen LogP contribution in [0.4, 0.5) is 0 Å². The van der Waals surface area contributed by atoms with E-state index in [2.05, 4.69) is 43.9 Å². The van der Waals surface area contributed by atoms with Gasteiger partial charge in [0.15, 0.2) is 11.4 Å². The third kappa shape index (κ3) is 9.33. The summed E-state index contributed by atoms with van der Waals surface area (Å²) in [5, 5.41) is 30.5. The molecule has 2 N–H and O–H groups in total. The van der Waals surface area contributed by atoms with E-state index >= 15 is 0 Å². The number of amides is 2. The molecule has 6 aromatic rings. The van der Waals surface area contributed by atoms with Gasteiger partial charge in [0.2, 0.25) is 11.2 Å². The summed E-state index contributed by atoms with van der Waals surface area (Å²) in [6.07, 6.45) is 5.58. The molecule has 4 aromatic carbocycles. The van der Waals surface area contributed by atoms with Crippen molar-refractivity contribution in [1.29, 1.82) is 0 Å². The number of fused-ring (bicyclic) bond motifs is 2. The summed E-state index contributed by atoms with van der Waals surface area (Å²) in [5.74, 6) is 5.80. The normalized spacial score (nSPS) is 17.8. The number of terminal acetylenes is 1. The highest BCUT2D eigenvalue weighted by Crippen LogP contribution is 2.31. The second-order valence-electron chi connectivity index (χ2n) is 13.9. The van der Waals surface area contributed by atoms with Crippen LogP contribution in [-0.2, 0) is 19.1 Å². The van der Waals surface area contributed by atoms with Crippen LogP contribution in [0.5, 0.6) is 0 Å². The number of carbonyl (C=O) groups is 4. The fraction of sp³-hybridized carbons (Fsp3) is 0.244. The molecular formula is C45H41BrCl2N6O8. The summed E-state index contributed by atoms with van der Waals surface area (Å²) in [6.45, 7) is 1.000. The van der Waals surface area contributed by atoms with Crippen LogP contribution in [-0.4, -0.2) is 116 Å². The molecule has 2 fully saturated rings. The van der Waals surface area contributed by atoms with E-state index in [0.717, 1.165) is 15.7 Å². The largest absolute Gasteiger partial charge is 0.464 e. The number of methoxy groups -OCH3 is 2. The Balaban J connectivity index is 0.000000196. The molecule has 0 bridgehead atoms. The van der Waals surface area contributed by atoms with Gasteiger partial charge in [-0.2, -0.15) is 10.2 Å². The zero-order chi connectivity index (χ0) is 44.2. The molecule has 0 aliphatic carbocycles. The second kappa shape index (κ2) is 19.2. The van der Waals surface area contributed by atoms with Crippen molar-refractivity contribution in [2.75, 3.05) is 41.4 Å². The Bertz CT molecular complexity index is 2830.